The predicted molar refractivity (Wildman–Crippen MR) is 70.7 cm³/mol. The zero-order valence-corrected chi connectivity index (χ0v) is 11.6. The number of likely N-dealkylation sites (N-methyl/N-ethyl adjacent to an activating group) is 1. The molecule has 0 saturated heterocycles. The van der Waals surface area contributed by atoms with E-state index in [9.17, 15) is 4.79 Å². The van der Waals surface area contributed by atoms with E-state index >= 15 is 0 Å². The van der Waals surface area contributed by atoms with E-state index in [2.05, 4.69) is 0 Å². The van der Waals surface area contributed by atoms with Crippen LogP contribution in [0.4, 0.5) is 0 Å². The van der Waals surface area contributed by atoms with Gasteiger partial charge in [0.15, 0.2) is 5.76 Å². The maximum Gasteiger partial charge on any atom is 0.289 e. The molecular weight excluding hydrogens is 240 g/mol. The SMILES string of the molecule is CCc1oc(C(=O)N(C)C(C)CN)cc1C.Cl. The van der Waals surface area contributed by atoms with Gasteiger partial charge in [-0.1, -0.05) is 6.92 Å². The van der Waals surface area contributed by atoms with Crippen molar-refractivity contribution in [2.24, 2.45) is 5.73 Å². The minimum atomic E-state index is -0.110. The Morgan fingerprint density at radius 3 is 2.59 bits per heavy atom. The second-order valence-electron chi connectivity index (χ2n) is 4.07. The number of hydrogen-bond donors (Lipinski definition) is 1. The first kappa shape index (κ1) is 16.0. The first-order chi connectivity index (χ1) is 7.51. The molecule has 4 nitrogen and oxygen atoms in total. The summed E-state index contributed by atoms with van der Waals surface area (Å²) in [6.45, 7) is 6.31. The van der Waals surface area contributed by atoms with Crippen LogP contribution < -0.4 is 5.73 Å². The number of carbonyl (C=O) groups is 1. The van der Waals surface area contributed by atoms with Crippen LogP contribution in [0.3, 0.4) is 0 Å². The lowest BCUT2D eigenvalue weighted by Gasteiger charge is -2.22. The van der Waals surface area contributed by atoms with Gasteiger partial charge in [0.1, 0.15) is 5.76 Å². The van der Waals surface area contributed by atoms with Crippen LogP contribution in [-0.4, -0.2) is 30.4 Å². The van der Waals surface area contributed by atoms with E-state index in [1.807, 2.05) is 20.8 Å². The molecule has 0 aliphatic carbocycles. The molecule has 1 aromatic rings. The smallest absolute Gasteiger partial charge is 0.289 e. The van der Waals surface area contributed by atoms with E-state index in [-0.39, 0.29) is 24.4 Å². The summed E-state index contributed by atoms with van der Waals surface area (Å²) in [7, 11) is 1.74. The molecule has 1 heterocycles. The predicted octanol–water partition coefficient (Wildman–Crippen LogP) is 1.99. The number of nitrogens with two attached hydrogens (primary N) is 1. The van der Waals surface area contributed by atoms with Crippen molar-refractivity contribution in [3.05, 3.63) is 23.2 Å². The Bertz CT molecular complexity index is 377. The largest absolute Gasteiger partial charge is 0.456 e. The van der Waals surface area contributed by atoms with Crippen LogP contribution in [0.1, 0.15) is 35.7 Å². The van der Waals surface area contributed by atoms with Crippen LogP contribution in [0.15, 0.2) is 10.5 Å². The van der Waals surface area contributed by atoms with Gasteiger partial charge >= 0.3 is 0 Å². The normalized spacial score (nSPS) is 11.8. The molecule has 0 aliphatic rings. The monoisotopic (exact) mass is 260 g/mol. The summed E-state index contributed by atoms with van der Waals surface area (Å²) in [5.74, 6) is 1.16. The van der Waals surface area contributed by atoms with E-state index in [4.69, 9.17) is 10.2 Å². The van der Waals surface area contributed by atoms with Crippen LogP contribution in [0.25, 0.3) is 0 Å². The zero-order chi connectivity index (χ0) is 12.3. The highest BCUT2D eigenvalue weighted by atomic mass is 35.5. The highest BCUT2D eigenvalue weighted by Gasteiger charge is 2.20. The number of rotatable bonds is 4. The van der Waals surface area contributed by atoms with Gasteiger partial charge in [0.2, 0.25) is 0 Å². The molecule has 98 valence electrons. The van der Waals surface area contributed by atoms with Gasteiger partial charge < -0.3 is 15.1 Å². The number of furan rings is 1. The van der Waals surface area contributed by atoms with Crippen molar-refractivity contribution in [1.82, 2.24) is 4.90 Å². The zero-order valence-electron chi connectivity index (χ0n) is 10.8. The topological polar surface area (TPSA) is 59.5 Å². The van der Waals surface area contributed by atoms with Crippen molar-refractivity contribution < 1.29 is 9.21 Å². The molecule has 0 fully saturated rings. The van der Waals surface area contributed by atoms with E-state index < -0.39 is 0 Å². The summed E-state index contributed by atoms with van der Waals surface area (Å²) >= 11 is 0. The van der Waals surface area contributed by atoms with Crippen LogP contribution in [0.2, 0.25) is 0 Å². The van der Waals surface area contributed by atoms with E-state index in [0.29, 0.717) is 12.3 Å². The van der Waals surface area contributed by atoms with Crippen molar-refractivity contribution >= 4 is 18.3 Å². The highest BCUT2D eigenvalue weighted by molar-refractivity contribution is 5.91. The summed E-state index contributed by atoms with van der Waals surface area (Å²) in [4.78, 5) is 13.6. The van der Waals surface area contributed by atoms with Gasteiger partial charge in [-0.3, -0.25) is 4.79 Å². The van der Waals surface area contributed by atoms with Crippen molar-refractivity contribution in [2.45, 2.75) is 33.2 Å². The molecule has 2 N–H and O–H groups in total. The Hall–Kier alpha value is -1.00. The molecule has 0 spiro atoms. The molecular formula is C12H21ClN2O2. The number of carbonyl (C=O) groups excluding carboxylic acids is 1. The highest BCUT2D eigenvalue weighted by Crippen LogP contribution is 2.17. The van der Waals surface area contributed by atoms with Gasteiger partial charge in [0.05, 0.1) is 0 Å². The Kier molecular flexibility index (Phi) is 6.27. The maximum absolute atomic E-state index is 12.0. The third kappa shape index (κ3) is 3.48. The molecule has 1 unspecified atom stereocenters. The standard InChI is InChI=1S/C12H20N2O2.ClH/c1-5-10-8(2)6-11(16-10)12(15)14(4)9(3)7-13;/h6,9H,5,7,13H2,1-4H3;1H. The molecule has 0 aromatic carbocycles. The van der Waals surface area contributed by atoms with E-state index in [1.165, 1.54) is 0 Å². The third-order valence-electron chi connectivity index (χ3n) is 2.88. The van der Waals surface area contributed by atoms with Crippen LogP contribution in [0, 0.1) is 6.92 Å². The number of hydrogen-bond acceptors (Lipinski definition) is 3. The van der Waals surface area contributed by atoms with Crippen molar-refractivity contribution in [3.63, 3.8) is 0 Å². The first-order valence-electron chi connectivity index (χ1n) is 5.57. The third-order valence-corrected chi connectivity index (χ3v) is 2.88. The quantitative estimate of drug-likeness (QED) is 0.901. The molecule has 0 saturated carbocycles. The molecule has 17 heavy (non-hydrogen) atoms. The second-order valence-corrected chi connectivity index (χ2v) is 4.07. The lowest BCUT2D eigenvalue weighted by molar-refractivity contribution is 0.0714. The molecule has 5 heteroatoms. The average molecular weight is 261 g/mol. The van der Waals surface area contributed by atoms with Crippen molar-refractivity contribution in [1.29, 1.82) is 0 Å². The minimum absolute atomic E-state index is 0. The average Bonchev–Trinajstić information content (AvgIpc) is 2.67. The van der Waals surface area contributed by atoms with Crippen molar-refractivity contribution in [3.8, 4) is 0 Å². The van der Waals surface area contributed by atoms with E-state index in [0.717, 1.165) is 17.7 Å². The lowest BCUT2D eigenvalue weighted by Crippen LogP contribution is -2.39. The van der Waals surface area contributed by atoms with Gasteiger partial charge in [-0.2, -0.15) is 0 Å². The second kappa shape index (κ2) is 6.67. The molecule has 0 aliphatic heterocycles. The molecule has 1 atom stereocenters. The van der Waals surface area contributed by atoms with Gasteiger partial charge in [-0.15, -0.1) is 12.4 Å². The minimum Gasteiger partial charge on any atom is -0.456 e. The van der Waals surface area contributed by atoms with Gasteiger partial charge in [0, 0.05) is 26.1 Å². The Labute approximate surface area is 109 Å². The fourth-order valence-electron chi connectivity index (χ4n) is 1.51. The van der Waals surface area contributed by atoms with Gasteiger partial charge in [0.25, 0.3) is 5.91 Å². The Morgan fingerprint density at radius 2 is 2.18 bits per heavy atom. The summed E-state index contributed by atoms with van der Waals surface area (Å²) in [6, 6.07) is 1.81. The Balaban J connectivity index is 0.00000256. The van der Waals surface area contributed by atoms with Crippen LogP contribution in [0.5, 0.6) is 0 Å². The summed E-state index contributed by atoms with van der Waals surface area (Å²) in [5.41, 5.74) is 6.55. The van der Waals surface area contributed by atoms with Crippen molar-refractivity contribution in [2.75, 3.05) is 13.6 Å². The first-order valence-corrected chi connectivity index (χ1v) is 5.57. The number of amides is 1. The molecule has 1 amide bonds. The lowest BCUT2D eigenvalue weighted by atomic mass is 10.2. The van der Waals surface area contributed by atoms with Crippen LogP contribution in [-0.2, 0) is 6.42 Å². The van der Waals surface area contributed by atoms with Gasteiger partial charge in [-0.05, 0) is 25.5 Å². The Morgan fingerprint density at radius 1 is 1.59 bits per heavy atom. The van der Waals surface area contributed by atoms with Gasteiger partial charge in [-0.25, -0.2) is 0 Å². The van der Waals surface area contributed by atoms with Crippen LogP contribution >= 0.6 is 12.4 Å². The van der Waals surface area contributed by atoms with E-state index in [1.54, 1.807) is 18.0 Å². The number of aryl methyl sites for hydroxylation is 2. The summed E-state index contributed by atoms with van der Waals surface area (Å²) in [6.07, 6.45) is 0.801. The maximum atomic E-state index is 12.0. The summed E-state index contributed by atoms with van der Waals surface area (Å²) < 4.78 is 5.51. The summed E-state index contributed by atoms with van der Waals surface area (Å²) in [5, 5.41) is 0. The fraction of sp³-hybridized carbons (Fsp3) is 0.583. The number of halogens is 1. The number of nitrogens with zero attached hydrogens (tertiary/aromatic N) is 1. The molecule has 0 bridgehead atoms. The fourth-order valence-corrected chi connectivity index (χ4v) is 1.51. The molecule has 0 radical (unpaired) electrons. The molecule has 1 aromatic heterocycles. The molecule has 1 rings (SSSR count).